The minimum absolute atomic E-state index is 0.223. The predicted molar refractivity (Wildman–Crippen MR) is 59.1 cm³/mol. The number of carbonyl (C=O) groups excluding carboxylic acids is 1. The van der Waals surface area contributed by atoms with Gasteiger partial charge in [-0.15, -0.1) is 0 Å². The lowest BCUT2D eigenvalue weighted by Crippen LogP contribution is -2.37. The Labute approximate surface area is 89.9 Å². The first-order valence-electron chi connectivity index (χ1n) is 5.59. The molecule has 78 valence electrons. The molecule has 1 aromatic rings. The van der Waals surface area contributed by atoms with Crippen molar-refractivity contribution < 1.29 is 4.79 Å². The van der Waals surface area contributed by atoms with Crippen LogP contribution < -0.4 is 0 Å². The summed E-state index contributed by atoms with van der Waals surface area (Å²) in [5, 5.41) is 0. The van der Waals surface area contributed by atoms with Gasteiger partial charge in [0, 0.05) is 18.0 Å². The number of Topliss-reactive ketones (excluding diaryl/α,β-unsaturated/α-hetero) is 1. The van der Waals surface area contributed by atoms with E-state index in [0.717, 1.165) is 25.1 Å². The summed E-state index contributed by atoms with van der Waals surface area (Å²) in [7, 11) is 2.10. The van der Waals surface area contributed by atoms with Crippen LogP contribution in [-0.2, 0) is 0 Å². The third-order valence-corrected chi connectivity index (χ3v) is 3.78. The van der Waals surface area contributed by atoms with Crippen LogP contribution >= 0.6 is 0 Å². The van der Waals surface area contributed by atoms with Crippen molar-refractivity contribution in [1.82, 2.24) is 4.90 Å². The van der Waals surface area contributed by atoms with E-state index in [-0.39, 0.29) is 5.92 Å². The Balaban J connectivity index is 2.05. The maximum absolute atomic E-state index is 12.1. The zero-order valence-corrected chi connectivity index (χ0v) is 8.94. The van der Waals surface area contributed by atoms with E-state index in [1.165, 1.54) is 5.56 Å². The predicted octanol–water partition coefficient (Wildman–Crippen LogP) is 1.92. The summed E-state index contributed by atoms with van der Waals surface area (Å²) < 4.78 is 0. The fourth-order valence-corrected chi connectivity index (χ4v) is 3.00. The second-order valence-electron chi connectivity index (χ2n) is 4.72. The van der Waals surface area contributed by atoms with Gasteiger partial charge in [0.05, 0.1) is 0 Å². The molecular weight excluding hydrogens is 186 g/mol. The lowest BCUT2D eigenvalue weighted by molar-refractivity contribution is 0.0847. The largest absolute Gasteiger partial charge is 0.306 e. The smallest absolute Gasteiger partial charge is 0.168 e. The van der Waals surface area contributed by atoms with Crippen molar-refractivity contribution in [3.63, 3.8) is 0 Å². The second kappa shape index (κ2) is 3.17. The molecule has 0 N–H and O–H groups in total. The van der Waals surface area contributed by atoms with Crippen LogP contribution in [0.1, 0.15) is 28.3 Å². The topological polar surface area (TPSA) is 20.3 Å². The third-order valence-electron chi connectivity index (χ3n) is 3.78. The third kappa shape index (κ3) is 1.25. The number of ketones is 1. The minimum atomic E-state index is 0.223. The van der Waals surface area contributed by atoms with Crippen molar-refractivity contribution in [2.45, 2.75) is 12.3 Å². The maximum Gasteiger partial charge on any atom is 0.168 e. The van der Waals surface area contributed by atoms with Crippen LogP contribution in [0.15, 0.2) is 24.3 Å². The number of hydrogen-bond acceptors (Lipinski definition) is 2. The Hall–Kier alpha value is -1.15. The van der Waals surface area contributed by atoms with Crippen LogP contribution in [0.2, 0.25) is 0 Å². The molecule has 0 saturated carbocycles. The Bertz CT molecular complexity index is 413. The lowest BCUT2D eigenvalue weighted by atomic mass is 9.86. The molecule has 1 heterocycles. The van der Waals surface area contributed by atoms with Gasteiger partial charge in [-0.25, -0.2) is 0 Å². The van der Waals surface area contributed by atoms with Gasteiger partial charge in [0.25, 0.3) is 0 Å². The molecular formula is C13H15NO. The van der Waals surface area contributed by atoms with Crippen molar-refractivity contribution in [2.24, 2.45) is 5.92 Å². The van der Waals surface area contributed by atoms with Crippen molar-refractivity contribution >= 4 is 5.78 Å². The molecule has 2 nitrogen and oxygen atoms in total. The van der Waals surface area contributed by atoms with E-state index in [9.17, 15) is 4.79 Å². The number of likely N-dealkylation sites (tertiary alicyclic amines) is 1. The van der Waals surface area contributed by atoms with Gasteiger partial charge >= 0.3 is 0 Å². The molecule has 0 bridgehead atoms. The van der Waals surface area contributed by atoms with Gasteiger partial charge < -0.3 is 4.90 Å². The van der Waals surface area contributed by atoms with Crippen LogP contribution in [0.25, 0.3) is 0 Å². The first-order valence-corrected chi connectivity index (χ1v) is 5.59. The van der Waals surface area contributed by atoms with Gasteiger partial charge in [-0.1, -0.05) is 24.3 Å². The van der Waals surface area contributed by atoms with E-state index in [4.69, 9.17) is 0 Å². The first kappa shape index (κ1) is 9.10. The molecule has 0 aromatic heterocycles. The van der Waals surface area contributed by atoms with Gasteiger partial charge in [-0.3, -0.25) is 4.79 Å². The normalized spacial score (nSPS) is 30.1. The number of carbonyl (C=O) groups is 1. The average Bonchev–Trinajstić information content (AvgIpc) is 2.54. The highest BCUT2D eigenvalue weighted by atomic mass is 16.1. The van der Waals surface area contributed by atoms with Crippen molar-refractivity contribution in [2.75, 3.05) is 20.1 Å². The summed E-state index contributed by atoms with van der Waals surface area (Å²) in [6.45, 7) is 2.04. The quantitative estimate of drug-likeness (QED) is 0.639. The van der Waals surface area contributed by atoms with Crippen LogP contribution in [0.5, 0.6) is 0 Å². The first-order chi connectivity index (χ1) is 7.27. The Morgan fingerprint density at radius 1 is 1.27 bits per heavy atom. The van der Waals surface area contributed by atoms with Gasteiger partial charge in [0.1, 0.15) is 0 Å². The summed E-state index contributed by atoms with van der Waals surface area (Å²) in [5.74, 6) is 1.08. The van der Waals surface area contributed by atoms with E-state index in [0.29, 0.717) is 11.7 Å². The SMILES string of the molecule is CN1CCC2c3ccccc3C(=O)C2C1. The molecule has 2 atom stereocenters. The standard InChI is InChI=1S/C13H15NO/c1-14-7-6-10-9-4-2-3-5-11(9)13(15)12(10)8-14/h2-5,10,12H,6-8H2,1H3. The van der Waals surface area contributed by atoms with Crippen LogP contribution in [0.4, 0.5) is 0 Å². The highest BCUT2D eigenvalue weighted by molar-refractivity contribution is 6.03. The zero-order chi connectivity index (χ0) is 10.4. The molecule has 1 saturated heterocycles. The molecule has 2 aliphatic rings. The highest BCUT2D eigenvalue weighted by Crippen LogP contribution is 2.42. The van der Waals surface area contributed by atoms with Crippen molar-refractivity contribution in [1.29, 1.82) is 0 Å². The van der Waals surface area contributed by atoms with Gasteiger partial charge in [0.2, 0.25) is 0 Å². The molecule has 3 rings (SSSR count). The van der Waals surface area contributed by atoms with E-state index in [1.54, 1.807) is 0 Å². The minimum Gasteiger partial charge on any atom is -0.306 e. The number of hydrogen-bond donors (Lipinski definition) is 0. The molecule has 2 unspecified atom stereocenters. The zero-order valence-electron chi connectivity index (χ0n) is 8.94. The molecule has 1 aromatic carbocycles. The van der Waals surface area contributed by atoms with Crippen molar-refractivity contribution in [3.8, 4) is 0 Å². The van der Waals surface area contributed by atoms with Crippen LogP contribution in [-0.4, -0.2) is 30.8 Å². The van der Waals surface area contributed by atoms with E-state index < -0.39 is 0 Å². The fraction of sp³-hybridized carbons (Fsp3) is 0.462. The molecule has 1 aliphatic heterocycles. The van der Waals surface area contributed by atoms with Crippen LogP contribution in [0.3, 0.4) is 0 Å². The molecule has 0 spiro atoms. The summed E-state index contributed by atoms with van der Waals surface area (Å²) in [6, 6.07) is 8.13. The number of fused-ring (bicyclic) bond motifs is 3. The van der Waals surface area contributed by atoms with Gasteiger partial charge in [-0.05, 0) is 31.5 Å². The molecule has 1 fully saturated rings. The van der Waals surface area contributed by atoms with Gasteiger partial charge in [0.15, 0.2) is 5.78 Å². The van der Waals surface area contributed by atoms with Crippen LogP contribution in [0, 0.1) is 5.92 Å². The summed E-state index contributed by atoms with van der Waals surface area (Å²) in [4.78, 5) is 14.4. The fourth-order valence-electron chi connectivity index (χ4n) is 3.00. The summed E-state index contributed by atoms with van der Waals surface area (Å²) >= 11 is 0. The molecule has 15 heavy (non-hydrogen) atoms. The molecule has 2 heteroatoms. The molecule has 1 aliphatic carbocycles. The van der Waals surface area contributed by atoms with Gasteiger partial charge in [-0.2, -0.15) is 0 Å². The highest BCUT2D eigenvalue weighted by Gasteiger charge is 2.41. The van der Waals surface area contributed by atoms with Crippen molar-refractivity contribution in [3.05, 3.63) is 35.4 Å². The maximum atomic E-state index is 12.1. The number of nitrogens with zero attached hydrogens (tertiary/aromatic N) is 1. The Kier molecular flexibility index (Phi) is 1.93. The van der Waals surface area contributed by atoms with E-state index in [2.05, 4.69) is 18.0 Å². The Morgan fingerprint density at radius 2 is 2.07 bits per heavy atom. The second-order valence-corrected chi connectivity index (χ2v) is 4.72. The number of piperidine rings is 1. The lowest BCUT2D eigenvalue weighted by Gasteiger charge is -2.31. The Morgan fingerprint density at radius 3 is 2.93 bits per heavy atom. The monoisotopic (exact) mass is 201 g/mol. The van der Waals surface area contributed by atoms with E-state index >= 15 is 0 Å². The average molecular weight is 201 g/mol. The molecule has 0 amide bonds. The number of rotatable bonds is 0. The summed E-state index contributed by atoms with van der Waals surface area (Å²) in [5.41, 5.74) is 2.27. The van der Waals surface area contributed by atoms with E-state index in [1.807, 2.05) is 18.2 Å². The summed E-state index contributed by atoms with van der Waals surface area (Å²) in [6.07, 6.45) is 1.13. The molecule has 0 radical (unpaired) electrons. The number of benzene rings is 1.